The number of alkyl carbamates (subject to hydrolysis) is 1. The van der Waals surface area contributed by atoms with Gasteiger partial charge in [-0.3, -0.25) is 0 Å². The van der Waals surface area contributed by atoms with Crippen molar-refractivity contribution in [2.75, 3.05) is 19.6 Å². The van der Waals surface area contributed by atoms with Gasteiger partial charge >= 0.3 is 12.3 Å². The van der Waals surface area contributed by atoms with Crippen LogP contribution in [0.25, 0.3) is 0 Å². The van der Waals surface area contributed by atoms with Crippen LogP contribution in [0.3, 0.4) is 0 Å². The number of carbonyl (C=O) groups is 1. The smallest absolute Gasteiger partial charge is 0.416 e. The van der Waals surface area contributed by atoms with Crippen LogP contribution in [0.1, 0.15) is 82.8 Å². The first-order valence-corrected chi connectivity index (χ1v) is 12.0. The summed E-state index contributed by atoms with van der Waals surface area (Å²) < 4.78 is 45.6. The first kappa shape index (κ1) is 25.8. The van der Waals surface area contributed by atoms with Crippen LogP contribution in [-0.2, 0) is 10.9 Å². The Morgan fingerprint density at radius 3 is 2.39 bits per heavy atom. The van der Waals surface area contributed by atoms with Crippen LogP contribution in [-0.4, -0.2) is 53.0 Å². The van der Waals surface area contributed by atoms with E-state index in [9.17, 15) is 23.1 Å². The zero-order chi connectivity index (χ0) is 24.3. The molecule has 1 saturated heterocycles. The fourth-order valence-corrected chi connectivity index (χ4v) is 4.98. The summed E-state index contributed by atoms with van der Waals surface area (Å²) in [5, 5.41) is 14.3. The second kappa shape index (κ2) is 10.2. The number of nitrogens with zero attached hydrogens (tertiary/aromatic N) is 1. The van der Waals surface area contributed by atoms with Gasteiger partial charge < -0.3 is 20.1 Å². The van der Waals surface area contributed by atoms with Gasteiger partial charge in [0.15, 0.2) is 0 Å². The molecule has 1 aromatic rings. The van der Waals surface area contributed by atoms with Gasteiger partial charge in [0, 0.05) is 31.1 Å². The summed E-state index contributed by atoms with van der Waals surface area (Å²) in [5.74, 6) is -0.401. The van der Waals surface area contributed by atoms with Crippen LogP contribution in [0.15, 0.2) is 24.3 Å². The van der Waals surface area contributed by atoms with Gasteiger partial charge in [0.2, 0.25) is 0 Å². The van der Waals surface area contributed by atoms with Gasteiger partial charge in [0.05, 0.1) is 11.2 Å². The molecule has 1 atom stereocenters. The number of ether oxygens (including phenoxy) is 1. The van der Waals surface area contributed by atoms with E-state index in [1.165, 1.54) is 12.1 Å². The molecule has 0 spiro atoms. The zero-order valence-electron chi connectivity index (χ0n) is 19.9. The monoisotopic (exact) mass is 470 g/mol. The molecule has 2 N–H and O–H groups in total. The fourth-order valence-electron chi connectivity index (χ4n) is 4.98. The fraction of sp³-hybridized carbons (Fsp3) is 0.720. The lowest BCUT2D eigenvalue weighted by atomic mass is 9.72. The van der Waals surface area contributed by atoms with Crippen molar-refractivity contribution in [1.82, 2.24) is 10.2 Å². The highest BCUT2D eigenvalue weighted by molar-refractivity contribution is 5.68. The molecule has 1 aliphatic carbocycles. The quantitative estimate of drug-likeness (QED) is 0.599. The summed E-state index contributed by atoms with van der Waals surface area (Å²) in [4.78, 5) is 14.2. The van der Waals surface area contributed by atoms with Crippen molar-refractivity contribution in [3.63, 3.8) is 0 Å². The van der Waals surface area contributed by atoms with Crippen LogP contribution >= 0.6 is 0 Å². The zero-order valence-corrected chi connectivity index (χ0v) is 19.9. The molecule has 3 rings (SSSR count). The van der Waals surface area contributed by atoms with Crippen molar-refractivity contribution < 1.29 is 27.8 Å². The maximum absolute atomic E-state index is 13.4. The predicted octanol–water partition coefficient (Wildman–Crippen LogP) is 5.47. The van der Waals surface area contributed by atoms with Crippen molar-refractivity contribution in [2.24, 2.45) is 0 Å². The summed E-state index contributed by atoms with van der Waals surface area (Å²) >= 11 is 0. The molecule has 1 aliphatic heterocycles. The van der Waals surface area contributed by atoms with Gasteiger partial charge in [-0.2, -0.15) is 13.2 Å². The Morgan fingerprint density at radius 1 is 1.18 bits per heavy atom. The number of nitrogens with one attached hydrogen (secondary N) is 1. The minimum Gasteiger partial charge on any atom is -0.446 e. The highest BCUT2D eigenvalue weighted by Crippen LogP contribution is 2.42. The van der Waals surface area contributed by atoms with Crippen molar-refractivity contribution in [3.05, 3.63) is 35.4 Å². The Hall–Kier alpha value is -1.80. The molecule has 1 saturated carbocycles. The molecule has 2 fully saturated rings. The number of alkyl halides is 3. The van der Waals surface area contributed by atoms with E-state index < -0.39 is 29.4 Å². The first-order valence-electron chi connectivity index (χ1n) is 12.0. The van der Waals surface area contributed by atoms with E-state index >= 15 is 0 Å². The molecule has 8 heteroatoms. The SMILES string of the molecule is CC(C)(C)NC(=O)OC1CCN(CC(c2cccc(C(F)(F)F)c2)C2(O)CCCCC2)CC1. The Bertz CT molecular complexity index is 793. The van der Waals surface area contributed by atoms with Gasteiger partial charge in [-0.1, -0.05) is 37.5 Å². The third-order valence-corrected chi connectivity index (χ3v) is 6.71. The number of amides is 1. The van der Waals surface area contributed by atoms with E-state index in [0.29, 0.717) is 50.9 Å². The summed E-state index contributed by atoms with van der Waals surface area (Å²) in [7, 11) is 0. The summed E-state index contributed by atoms with van der Waals surface area (Å²) in [6.07, 6.45) is 0.274. The normalized spacial score (nSPS) is 21.4. The van der Waals surface area contributed by atoms with Crippen LogP contribution < -0.4 is 5.32 Å². The van der Waals surface area contributed by atoms with Gasteiger partial charge in [0.1, 0.15) is 6.10 Å². The van der Waals surface area contributed by atoms with E-state index in [2.05, 4.69) is 10.2 Å². The number of carbonyl (C=O) groups excluding carboxylic acids is 1. The molecule has 1 unspecified atom stereocenters. The van der Waals surface area contributed by atoms with Crippen LogP contribution in [0, 0.1) is 0 Å². The van der Waals surface area contributed by atoms with Gasteiger partial charge in [-0.15, -0.1) is 0 Å². The molecular weight excluding hydrogens is 433 g/mol. The van der Waals surface area contributed by atoms with Crippen molar-refractivity contribution in [2.45, 2.75) is 95.1 Å². The molecule has 0 radical (unpaired) electrons. The number of benzene rings is 1. The topological polar surface area (TPSA) is 61.8 Å². The molecular formula is C25H37F3N2O3. The predicted molar refractivity (Wildman–Crippen MR) is 121 cm³/mol. The highest BCUT2D eigenvalue weighted by atomic mass is 19.4. The van der Waals surface area contributed by atoms with Gasteiger partial charge in [-0.25, -0.2) is 4.79 Å². The maximum Gasteiger partial charge on any atom is 0.416 e. The Balaban J connectivity index is 1.69. The third kappa shape index (κ3) is 7.34. The Labute approximate surface area is 194 Å². The lowest BCUT2D eigenvalue weighted by Gasteiger charge is -2.43. The lowest BCUT2D eigenvalue weighted by molar-refractivity contribution is -0.137. The maximum atomic E-state index is 13.4. The molecule has 2 aliphatic rings. The molecule has 1 heterocycles. The second-order valence-corrected chi connectivity index (χ2v) is 10.6. The van der Waals surface area contributed by atoms with Crippen molar-refractivity contribution >= 4 is 6.09 Å². The summed E-state index contributed by atoms with van der Waals surface area (Å²) in [6.45, 7) is 7.49. The number of hydrogen-bond donors (Lipinski definition) is 2. The second-order valence-electron chi connectivity index (χ2n) is 10.6. The molecule has 0 aromatic heterocycles. The van der Waals surface area contributed by atoms with Crippen molar-refractivity contribution in [1.29, 1.82) is 0 Å². The molecule has 5 nitrogen and oxygen atoms in total. The highest BCUT2D eigenvalue weighted by Gasteiger charge is 2.41. The van der Waals surface area contributed by atoms with Crippen molar-refractivity contribution in [3.8, 4) is 0 Å². The van der Waals surface area contributed by atoms with Crippen LogP contribution in [0.5, 0.6) is 0 Å². The van der Waals surface area contributed by atoms with Gasteiger partial charge in [-0.05, 0) is 58.1 Å². The van der Waals surface area contributed by atoms with Crippen LogP contribution in [0.2, 0.25) is 0 Å². The molecule has 33 heavy (non-hydrogen) atoms. The average molecular weight is 471 g/mol. The average Bonchev–Trinajstić information content (AvgIpc) is 2.71. The van der Waals surface area contributed by atoms with E-state index in [-0.39, 0.29) is 11.6 Å². The lowest BCUT2D eigenvalue weighted by Crippen LogP contribution is -2.48. The largest absolute Gasteiger partial charge is 0.446 e. The number of piperidine rings is 1. The van der Waals surface area contributed by atoms with E-state index in [4.69, 9.17) is 4.74 Å². The van der Waals surface area contributed by atoms with Crippen LogP contribution in [0.4, 0.5) is 18.0 Å². The number of hydrogen-bond acceptors (Lipinski definition) is 4. The van der Waals surface area contributed by atoms with E-state index in [0.717, 1.165) is 25.3 Å². The minimum atomic E-state index is -4.42. The summed E-state index contributed by atoms with van der Waals surface area (Å²) in [6, 6.07) is 5.42. The Kier molecular flexibility index (Phi) is 7.99. The number of likely N-dealkylation sites (tertiary alicyclic amines) is 1. The molecule has 186 valence electrons. The molecule has 0 bridgehead atoms. The van der Waals surface area contributed by atoms with E-state index in [1.807, 2.05) is 20.8 Å². The number of halogens is 3. The minimum absolute atomic E-state index is 0.187. The van der Waals surface area contributed by atoms with Gasteiger partial charge in [0.25, 0.3) is 0 Å². The standard InChI is InChI=1S/C25H37F3N2O3/c1-23(2,3)29-22(31)33-20-10-14-30(15-11-20)17-21(24(32)12-5-4-6-13-24)18-8-7-9-19(16-18)25(26,27)28/h7-9,16,20-21,32H,4-6,10-15,17H2,1-3H3,(H,29,31). The Morgan fingerprint density at radius 2 is 1.82 bits per heavy atom. The molecule has 1 aromatic carbocycles. The third-order valence-electron chi connectivity index (χ3n) is 6.71. The molecule has 1 amide bonds. The van der Waals surface area contributed by atoms with E-state index in [1.54, 1.807) is 6.07 Å². The summed E-state index contributed by atoms with van der Waals surface area (Å²) in [5.41, 5.74) is -1.52. The first-order chi connectivity index (χ1) is 15.4. The number of aliphatic hydroxyl groups is 1. The number of rotatable bonds is 5.